The predicted molar refractivity (Wildman–Crippen MR) is 104 cm³/mol. The molecule has 2 aromatic rings. The van der Waals surface area contributed by atoms with Gasteiger partial charge in [0, 0.05) is 44.8 Å². The van der Waals surface area contributed by atoms with Crippen LogP contribution in [0.5, 0.6) is 0 Å². The summed E-state index contributed by atoms with van der Waals surface area (Å²) in [5.41, 5.74) is 1.85. The molecule has 0 radical (unpaired) electrons. The van der Waals surface area contributed by atoms with Crippen LogP contribution >= 0.6 is 36.2 Å². The number of rotatable bonds is 2. The predicted octanol–water partition coefficient (Wildman–Crippen LogP) is 1.49. The Kier molecular flexibility index (Phi) is 7.05. The molecule has 4 heterocycles. The molecule has 1 unspecified atom stereocenters. The Hall–Kier alpha value is -1.61. The van der Waals surface area contributed by atoms with Crippen LogP contribution in [0.4, 0.5) is 0 Å². The first kappa shape index (κ1) is 20.7. The number of nitrogens with zero attached hydrogens (tertiary/aromatic N) is 3. The van der Waals surface area contributed by atoms with Gasteiger partial charge < -0.3 is 20.1 Å². The summed E-state index contributed by atoms with van der Waals surface area (Å²) in [5, 5.41) is 5.17. The number of carbonyl (C=O) groups is 2. The first-order valence-electron chi connectivity index (χ1n) is 8.11. The van der Waals surface area contributed by atoms with Crippen LogP contribution in [0.25, 0.3) is 0 Å². The molecule has 0 saturated carbocycles. The van der Waals surface area contributed by atoms with Gasteiger partial charge in [-0.05, 0) is 11.4 Å². The van der Waals surface area contributed by atoms with Crippen molar-refractivity contribution in [2.45, 2.75) is 12.5 Å². The van der Waals surface area contributed by atoms with Crippen LogP contribution in [0.15, 0.2) is 23.8 Å². The summed E-state index contributed by atoms with van der Waals surface area (Å²) >= 11 is 1.45. The number of carbonyl (C=O) groups excluding carboxylic acids is 2. The first-order valence-corrected chi connectivity index (χ1v) is 8.99. The van der Waals surface area contributed by atoms with Crippen molar-refractivity contribution in [1.29, 1.82) is 0 Å². The quantitative estimate of drug-likeness (QED) is 0.775. The minimum Gasteiger partial charge on any atom is -0.348 e. The highest BCUT2D eigenvalue weighted by atomic mass is 35.5. The fourth-order valence-corrected chi connectivity index (χ4v) is 3.98. The number of aromatic amines is 1. The summed E-state index contributed by atoms with van der Waals surface area (Å²) in [4.78, 5) is 37.0. The highest BCUT2D eigenvalue weighted by Crippen LogP contribution is 2.22. The lowest BCUT2D eigenvalue weighted by Gasteiger charge is -2.36. The lowest BCUT2D eigenvalue weighted by molar-refractivity contribution is -0.135. The van der Waals surface area contributed by atoms with Gasteiger partial charge in [0.2, 0.25) is 5.91 Å². The number of hydrogen-bond donors (Lipinski definition) is 2. The molecule has 2 aliphatic heterocycles. The molecule has 26 heavy (non-hydrogen) atoms. The number of halogens is 2. The Morgan fingerprint density at radius 1 is 1.15 bits per heavy atom. The molecule has 1 atom stereocenters. The number of H-pyrrole nitrogens is 1. The summed E-state index contributed by atoms with van der Waals surface area (Å²) in [6, 6.07) is 3.35. The maximum Gasteiger partial charge on any atom is 0.264 e. The van der Waals surface area contributed by atoms with Crippen LogP contribution < -0.4 is 5.32 Å². The zero-order chi connectivity index (χ0) is 16.5. The summed E-state index contributed by atoms with van der Waals surface area (Å²) in [7, 11) is 0. The number of nitrogens with one attached hydrogen (secondary N) is 2. The molecule has 0 bridgehead atoms. The van der Waals surface area contributed by atoms with Crippen LogP contribution in [-0.2, 0) is 11.2 Å². The van der Waals surface area contributed by atoms with Crippen molar-refractivity contribution in [2.75, 3.05) is 32.7 Å². The standard InChI is InChI=1S/C16H19N5O2S.2ClH/c22-15(12-2-1-9-24-12)20-5-7-21(8-6-20)16(23)14-13-11(3-4-17-14)18-10-19-13;;/h1-2,9-10,14,17H,3-8H2,(H,18,19);2*1H. The monoisotopic (exact) mass is 417 g/mol. The summed E-state index contributed by atoms with van der Waals surface area (Å²) in [5.74, 6) is 0.105. The van der Waals surface area contributed by atoms with Crippen LogP contribution in [0, 0.1) is 0 Å². The van der Waals surface area contributed by atoms with Crippen LogP contribution in [-0.4, -0.2) is 64.3 Å². The fraction of sp³-hybridized carbons (Fsp3) is 0.438. The van der Waals surface area contributed by atoms with Gasteiger partial charge in [0.1, 0.15) is 6.04 Å². The lowest BCUT2D eigenvalue weighted by atomic mass is 10.0. The SMILES string of the molecule is Cl.Cl.O=C(c1cccs1)N1CCN(C(=O)C2NCCc3[nH]cnc32)CC1. The lowest BCUT2D eigenvalue weighted by Crippen LogP contribution is -2.53. The minimum absolute atomic E-state index is 0. The summed E-state index contributed by atoms with van der Waals surface area (Å²) < 4.78 is 0. The first-order chi connectivity index (χ1) is 11.7. The number of fused-ring (bicyclic) bond motifs is 1. The van der Waals surface area contributed by atoms with E-state index in [0.717, 1.165) is 29.2 Å². The average Bonchev–Trinajstić information content (AvgIpc) is 3.31. The van der Waals surface area contributed by atoms with Crippen molar-refractivity contribution >= 4 is 48.0 Å². The minimum atomic E-state index is -0.375. The van der Waals surface area contributed by atoms with E-state index in [1.165, 1.54) is 11.3 Å². The summed E-state index contributed by atoms with van der Waals surface area (Å²) in [6.07, 6.45) is 2.51. The Labute approximate surface area is 168 Å². The Balaban J connectivity index is 0.00000121. The number of amides is 2. The van der Waals surface area contributed by atoms with E-state index in [9.17, 15) is 9.59 Å². The third kappa shape index (κ3) is 3.88. The molecule has 2 aromatic heterocycles. The van der Waals surface area contributed by atoms with Gasteiger partial charge in [0.15, 0.2) is 0 Å². The van der Waals surface area contributed by atoms with Gasteiger partial charge in [0.05, 0.1) is 16.9 Å². The van der Waals surface area contributed by atoms with Crippen molar-refractivity contribution < 1.29 is 9.59 Å². The molecule has 142 valence electrons. The highest BCUT2D eigenvalue weighted by molar-refractivity contribution is 7.12. The number of aromatic nitrogens is 2. The molecule has 7 nitrogen and oxygen atoms in total. The number of imidazole rings is 1. The molecule has 1 saturated heterocycles. The fourth-order valence-electron chi connectivity index (χ4n) is 3.29. The van der Waals surface area contributed by atoms with Crippen molar-refractivity contribution in [3.05, 3.63) is 40.1 Å². The molecular formula is C16H21Cl2N5O2S. The molecule has 2 amide bonds. The van der Waals surface area contributed by atoms with E-state index in [2.05, 4.69) is 15.3 Å². The van der Waals surface area contributed by atoms with Crippen molar-refractivity contribution in [3.8, 4) is 0 Å². The van der Waals surface area contributed by atoms with Gasteiger partial charge in [-0.25, -0.2) is 4.98 Å². The second-order valence-corrected chi connectivity index (χ2v) is 6.95. The topological polar surface area (TPSA) is 81.3 Å². The molecule has 0 spiro atoms. The second kappa shape index (κ2) is 8.85. The van der Waals surface area contributed by atoms with E-state index in [1.807, 2.05) is 27.3 Å². The van der Waals surface area contributed by atoms with Gasteiger partial charge >= 0.3 is 0 Å². The molecule has 2 N–H and O–H groups in total. The normalized spacial score (nSPS) is 19.2. The van der Waals surface area contributed by atoms with Crippen molar-refractivity contribution in [1.82, 2.24) is 25.1 Å². The third-order valence-corrected chi connectivity index (χ3v) is 5.46. The van der Waals surface area contributed by atoms with E-state index < -0.39 is 0 Å². The van der Waals surface area contributed by atoms with Gasteiger partial charge in [-0.15, -0.1) is 36.2 Å². The highest BCUT2D eigenvalue weighted by Gasteiger charge is 2.34. The molecule has 2 aliphatic rings. The van der Waals surface area contributed by atoms with Crippen molar-refractivity contribution in [2.24, 2.45) is 0 Å². The molecule has 10 heteroatoms. The molecule has 0 aliphatic carbocycles. The maximum absolute atomic E-state index is 12.8. The smallest absolute Gasteiger partial charge is 0.264 e. The zero-order valence-corrected chi connectivity index (χ0v) is 16.5. The Morgan fingerprint density at radius 3 is 2.58 bits per heavy atom. The van der Waals surface area contributed by atoms with E-state index in [4.69, 9.17) is 0 Å². The average molecular weight is 418 g/mol. The van der Waals surface area contributed by atoms with Gasteiger partial charge in [-0.3, -0.25) is 9.59 Å². The van der Waals surface area contributed by atoms with Gasteiger partial charge in [-0.2, -0.15) is 0 Å². The number of hydrogen-bond acceptors (Lipinski definition) is 5. The van der Waals surface area contributed by atoms with Crippen LogP contribution in [0.1, 0.15) is 27.1 Å². The van der Waals surface area contributed by atoms with E-state index in [0.29, 0.717) is 26.2 Å². The Morgan fingerprint density at radius 2 is 1.88 bits per heavy atom. The summed E-state index contributed by atoms with van der Waals surface area (Å²) in [6.45, 7) is 3.04. The maximum atomic E-state index is 12.8. The molecule has 4 rings (SSSR count). The molecular weight excluding hydrogens is 397 g/mol. The van der Waals surface area contributed by atoms with Gasteiger partial charge in [0.25, 0.3) is 5.91 Å². The van der Waals surface area contributed by atoms with E-state index in [-0.39, 0.29) is 42.7 Å². The van der Waals surface area contributed by atoms with E-state index in [1.54, 1.807) is 6.33 Å². The zero-order valence-electron chi connectivity index (χ0n) is 14.0. The number of piperazine rings is 1. The van der Waals surface area contributed by atoms with Gasteiger partial charge in [-0.1, -0.05) is 6.07 Å². The molecule has 0 aromatic carbocycles. The third-order valence-electron chi connectivity index (χ3n) is 4.61. The number of thiophene rings is 1. The Bertz CT molecular complexity index is 744. The molecule has 1 fully saturated rings. The van der Waals surface area contributed by atoms with Crippen LogP contribution in [0.2, 0.25) is 0 Å². The largest absolute Gasteiger partial charge is 0.348 e. The second-order valence-electron chi connectivity index (χ2n) is 6.00. The van der Waals surface area contributed by atoms with Crippen LogP contribution in [0.3, 0.4) is 0 Å². The van der Waals surface area contributed by atoms with Crippen molar-refractivity contribution in [3.63, 3.8) is 0 Å². The van der Waals surface area contributed by atoms with E-state index >= 15 is 0 Å².